The van der Waals surface area contributed by atoms with E-state index in [1.165, 1.54) is 6.07 Å². The quantitative estimate of drug-likeness (QED) is 0.0698. The van der Waals surface area contributed by atoms with Crippen molar-refractivity contribution in [3.63, 3.8) is 0 Å². The molecule has 0 amide bonds. The average molecular weight is 749 g/mol. The number of nitro benzene ring substituents is 1. The fourth-order valence-electron chi connectivity index (χ4n) is 5.44. The van der Waals surface area contributed by atoms with Gasteiger partial charge >= 0.3 is 0 Å². The van der Waals surface area contributed by atoms with Crippen LogP contribution in [0.25, 0.3) is 0 Å². The molecule has 0 fully saturated rings. The second-order valence-corrected chi connectivity index (χ2v) is 12.3. The number of nitro groups is 1. The van der Waals surface area contributed by atoms with Crippen LogP contribution in [0.3, 0.4) is 0 Å². The molecule has 56 heavy (non-hydrogen) atoms. The number of methoxy groups -OCH3 is 4. The Kier molecular flexibility index (Phi) is 13.5. The third kappa shape index (κ3) is 10.8. The predicted molar refractivity (Wildman–Crippen MR) is 214 cm³/mol. The molecule has 0 radical (unpaired) electrons. The van der Waals surface area contributed by atoms with Crippen LogP contribution in [0.2, 0.25) is 0 Å². The van der Waals surface area contributed by atoms with Crippen molar-refractivity contribution < 1.29 is 23.9 Å². The Morgan fingerprint density at radius 2 is 0.946 bits per heavy atom. The summed E-state index contributed by atoms with van der Waals surface area (Å²) in [6, 6.07) is 21.8. The van der Waals surface area contributed by atoms with E-state index in [9.17, 15) is 10.1 Å². The number of nitrogens with zero attached hydrogens (tertiary/aromatic N) is 5. The highest BCUT2D eigenvalue weighted by Gasteiger charge is 2.17. The van der Waals surface area contributed by atoms with E-state index in [4.69, 9.17) is 24.7 Å². The topological polar surface area (TPSA) is 158 Å². The number of benzene rings is 4. The van der Waals surface area contributed by atoms with Crippen molar-refractivity contribution in [3.05, 3.63) is 164 Å². The minimum Gasteiger partial charge on any atom is -0.497 e. The van der Waals surface area contributed by atoms with E-state index >= 15 is 0 Å². The molecule has 282 valence electrons. The summed E-state index contributed by atoms with van der Waals surface area (Å²) < 4.78 is 21.0. The molecule has 2 heterocycles. The zero-order valence-corrected chi connectivity index (χ0v) is 31.9. The molecule has 0 saturated carbocycles. The summed E-state index contributed by atoms with van der Waals surface area (Å²) in [6.07, 6.45) is 7.54. The van der Waals surface area contributed by atoms with E-state index in [-0.39, 0.29) is 17.0 Å². The highest BCUT2D eigenvalue weighted by atomic mass is 16.6. The molecule has 0 aliphatic heterocycles. The number of ether oxygens (including phenoxy) is 4. The predicted octanol–water partition coefficient (Wildman–Crippen LogP) is 7.08. The number of rotatable bonds is 9. The number of nitrogens with two attached hydrogens (primary N) is 1. The van der Waals surface area contributed by atoms with Crippen molar-refractivity contribution in [1.82, 2.24) is 19.9 Å². The van der Waals surface area contributed by atoms with E-state index in [2.05, 4.69) is 43.6 Å². The lowest BCUT2D eigenvalue weighted by atomic mass is 10.0. The van der Waals surface area contributed by atoms with Crippen LogP contribution < -0.4 is 24.7 Å². The number of anilines is 1. The van der Waals surface area contributed by atoms with Gasteiger partial charge in [0.15, 0.2) is 0 Å². The Hall–Kier alpha value is -7.44. The van der Waals surface area contributed by atoms with Crippen molar-refractivity contribution >= 4 is 11.4 Å². The molecule has 6 aromatic rings. The zero-order valence-electron chi connectivity index (χ0n) is 31.9. The van der Waals surface area contributed by atoms with Gasteiger partial charge in [0.2, 0.25) is 0 Å². The number of hydrogen-bond donors (Lipinski definition) is 1. The maximum atomic E-state index is 11.3. The van der Waals surface area contributed by atoms with E-state index in [0.717, 1.165) is 39.1 Å². The molecule has 4 aromatic carbocycles. The van der Waals surface area contributed by atoms with Crippen LogP contribution in [0.5, 0.6) is 23.0 Å². The molecular formula is C44H40N6O6. The normalized spacial score (nSPS) is 10.0. The third-order valence-corrected chi connectivity index (χ3v) is 8.51. The van der Waals surface area contributed by atoms with Crippen LogP contribution >= 0.6 is 0 Å². The maximum Gasteiger partial charge on any atom is 0.273 e. The third-order valence-electron chi connectivity index (χ3n) is 8.51. The molecule has 0 unspecified atom stereocenters. The molecular weight excluding hydrogens is 709 g/mol. The number of hydrogen-bond acceptors (Lipinski definition) is 11. The number of aryl methyl sites for hydroxylation is 2. The summed E-state index contributed by atoms with van der Waals surface area (Å²) in [4.78, 5) is 28.3. The van der Waals surface area contributed by atoms with Gasteiger partial charge in [0.1, 0.15) is 34.6 Å². The molecule has 0 aliphatic rings. The van der Waals surface area contributed by atoms with Gasteiger partial charge in [-0.3, -0.25) is 10.1 Å². The second kappa shape index (κ2) is 19.1. The van der Waals surface area contributed by atoms with Crippen molar-refractivity contribution in [2.24, 2.45) is 0 Å². The van der Waals surface area contributed by atoms with Gasteiger partial charge in [-0.15, -0.1) is 0 Å². The molecule has 0 bridgehead atoms. The van der Waals surface area contributed by atoms with E-state index in [1.54, 1.807) is 71.4 Å². The Morgan fingerprint density at radius 3 is 1.34 bits per heavy atom. The highest BCUT2D eigenvalue weighted by Crippen LogP contribution is 2.25. The zero-order chi connectivity index (χ0) is 40.0. The molecule has 0 spiro atoms. The van der Waals surface area contributed by atoms with E-state index in [0.29, 0.717) is 52.2 Å². The minimum absolute atomic E-state index is 0.0736. The van der Waals surface area contributed by atoms with Gasteiger partial charge in [-0.25, -0.2) is 19.9 Å². The summed E-state index contributed by atoms with van der Waals surface area (Å²) in [6.45, 7) is 3.87. The first-order chi connectivity index (χ1) is 27.1. The molecule has 12 heteroatoms. The van der Waals surface area contributed by atoms with Gasteiger partial charge in [-0.1, -0.05) is 47.9 Å². The summed E-state index contributed by atoms with van der Waals surface area (Å²) in [5, 5.41) is 11.3. The lowest BCUT2D eigenvalue weighted by Crippen LogP contribution is -2.02. The van der Waals surface area contributed by atoms with Crippen molar-refractivity contribution in [2.45, 2.75) is 26.7 Å². The molecule has 2 aromatic heterocycles. The Bertz CT molecular complexity index is 2380. The smallest absolute Gasteiger partial charge is 0.273 e. The first-order valence-electron chi connectivity index (χ1n) is 17.3. The largest absolute Gasteiger partial charge is 0.497 e. The summed E-state index contributed by atoms with van der Waals surface area (Å²) in [5.41, 5.74) is 13.4. The van der Waals surface area contributed by atoms with Gasteiger partial charge in [-0.05, 0) is 60.9 Å². The summed E-state index contributed by atoms with van der Waals surface area (Å²) in [7, 11) is 6.38. The van der Waals surface area contributed by atoms with Crippen molar-refractivity contribution in [1.29, 1.82) is 0 Å². The Morgan fingerprint density at radius 1 is 0.571 bits per heavy atom. The fraction of sp³-hybridized carbons (Fsp3) is 0.182. The van der Waals surface area contributed by atoms with Crippen LogP contribution in [-0.2, 0) is 12.8 Å². The number of nitrogen functional groups attached to an aromatic ring is 1. The first-order valence-corrected chi connectivity index (χ1v) is 17.3. The molecule has 0 atom stereocenters. The summed E-state index contributed by atoms with van der Waals surface area (Å²) in [5.74, 6) is 16.1. The molecule has 6 rings (SSSR count). The highest BCUT2D eigenvalue weighted by molar-refractivity contribution is 5.53. The molecule has 2 N–H and O–H groups in total. The van der Waals surface area contributed by atoms with Crippen LogP contribution in [0.1, 0.15) is 56.2 Å². The van der Waals surface area contributed by atoms with E-state index in [1.807, 2.05) is 62.4 Å². The van der Waals surface area contributed by atoms with Gasteiger partial charge < -0.3 is 24.7 Å². The van der Waals surface area contributed by atoms with Gasteiger partial charge in [0.05, 0.1) is 44.5 Å². The van der Waals surface area contributed by atoms with Crippen molar-refractivity contribution in [3.8, 4) is 46.7 Å². The van der Waals surface area contributed by atoms with Gasteiger partial charge in [0, 0.05) is 78.2 Å². The summed E-state index contributed by atoms with van der Waals surface area (Å²) >= 11 is 0. The van der Waals surface area contributed by atoms with E-state index < -0.39 is 0 Å². The average Bonchev–Trinajstić information content (AvgIpc) is 3.22. The maximum absolute atomic E-state index is 11.3. The lowest BCUT2D eigenvalue weighted by molar-refractivity contribution is -0.385. The SMILES string of the molecule is COc1cc(C#Cc2cnc(Cc3c(C)cccc3N)nc2)cc(OC)c1.COc1cc(C#Cc2cnc(Cc3c(C)cccc3[N+](=O)[O-])nc2)cc(OC)c1. The number of aromatic nitrogens is 4. The fourth-order valence-corrected chi connectivity index (χ4v) is 5.44. The Labute approximate surface area is 325 Å². The molecule has 0 aliphatic carbocycles. The molecule has 0 saturated heterocycles. The molecule has 12 nitrogen and oxygen atoms in total. The first kappa shape index (κ1) is 39.8. The van der Waals surface area contributed by atoms with Gasteiger partial charge in [0.25, 0.3) is 5.69 Å². The Balaban J connectivity index is 0.000000215. The standard InChI is InChI=1S/C22H19N3O4.C22H21N3O2/c1-15-5-4-6-21(25(26)27)20(15)12-22-23-13-17(14-24-22)8-7-16-9-18(28-2)11-19(10-16)29-3;1-15-5-4-6-21(23)20(15)12-22-24-13-17(14-25-22)8-7-16-9-18(26-2)11-19(10-16)27-3/h4-6,9-11,13-14H,12H2,1-3H3;4-6,9-11,13-14H,12,23H2,1-3H3. The monoisotopic (exact) mass is 748 g/mol. The van der Waals surface area contributed by atoms with Crippen LogP contribution in [0, 0.1) is 47.6 Å². The van der Waals surface area contributed by atoms with Crippen LogP contribution in [-0.4, -0.2) is 53.3 Å². The van der Waals surface area contributed by atoms with Crippen LogP contribution in [0.15, 0.2) is 97.6 Å². The van der Waals surface area contributed by atoms with Gasteiger partial charge in [-0.2, -0.15) is 0 Å². The van der Waals surface area contributed by atoms with Crippen molar-refractivity contribution in [2.75, 3.05) is 34.2 Å². The van der Waals surface area contributed by atoms with Crippen LogP contribution in [0.4, 0.5) is 11.4 Å². The lowest BCUT2D eigenvalue weighted by Gasteiger charge is -2.08. The second-order valence-electron chi connectivity index (χ2n) is 12.3. The minimum atomic E-state index is -0.384.